The molecule has 30 heterocycles. The van der Waals surface area contributed by atoms with Crippen molar-refractivity contribution in [3.8, 4) is 42.3 Å². The average molecular weight is 801 g/mol. The Morgan fingerprint density at radius 1 is 0.286 bits per heavy atom. The van der Waals surface area contributed by atoms with Crippen molar-refractivity contribution in [1.29, 1.82) is 0 Å². The number of aromatic nitrogens is 8. The Bertz CT molecular complexity index is 2520. The topological polar surface area (TPSA) is 67.1 Å². The molecule has 0 spiro atoms. The van der Waals surface area contributed by atoms with Gasteiger partial charge in [-0.05, 0) is 0 Å². The number of nitrogens with zero attached hydrogens (tertiary/aromatic N) is 8. The molecule has 0 fully saturated rings. The van der Waals surface area contributed by atoms with Crippen LogP contribution in [0.25, 0.3) is 61.6 Å². The van der Waals surface area contributed by atoms with E-state index in [0.717, 1.165) is 87.8 Å². The number of hydrogen-bond donors (Lipinski definition) is 0. The van der Waals surface area contributed by atoms with Crippen LogP contribution < -0.4 is 18.3 Å². The van der Waals surface area contributed by atoms with Crippen molar-refractivity contribution in [1.82, 2.24) is 19.9 Å². The minimum atomic E-state index is 0.802. The number of thiazole rings is 4. The fourth-order valence-electron chi connectivity index (χ4n) is 6.94. The largest absolute Gasteiger partial charge is 0.223 e. The van der Waals surface area contributed by atoms with Gasteiger partial charge >= 0.3 is 0 Å². The third-order valence-electron chi connectivity index (χ3n) is 10.0. The maximum Gasteiger partial charge on any atom is 0.173 e. The Morgan fingerprint density at radius 2 is 0.482 bits per heavy atom. The first-order chi connectivity index (χ1) is 27.6. The van der Waals surface area contributed by atoms with E-state index in [0.29, 0.717) is 0 Å². The minimum Gasteiger partial charge on any atom is -0.223 e. The van der Waals surface area contributed by atoms with Crippen molar-refractivity contribution < 1.29 is 18.3 Å². The molecule has 0 saturated heterocycles. The zero-order valence-electron chi connectivity index (χ0n) is 29.9. The molecular weight excluding hydrogens is 769 g/mol. The number of hydrogen-bond acceptors (Lipinski definition) is 8. The first-order valence-electron chi connectivity index (χ1n) is 18.3. The van der Waals surface area contributed by atoms with E-state index in [1.165, 1.54) is 22.3 Å². The third-order valence-corrected chi connectivity index (χ3v) is 14.3. The lowest BCUT2D eigenvalue weighted by atomic mass is 10.1. The summed E-state index contributed by atoms with van der Waals surface area (Å²) in [5.41, 5.74) is 9.47. The van der Waals surface area contributed by atoms with E-state index in [9.17, 15) is 0 Å². The van der Waals surface area contributed by atoms with Gasteiger partial charge in [-0.3, -0.25) is 0 Å². The van der Waals surface area contributed by atoms with Crippen molar-refractivity contribution in [2.75, 3.05) is 0 Å². The summed E-state index contributed by atoms with van der Waals surface area (Å²) in [5, 5.41) is 3.99. The molecule has 10 aromatic rings. The highest BCUT2D eigenvalue weighted by Crippen LogP contribution is 2.37. The lowest BCUT2D eigenvalue weighted by Crippen LogP contribution is -2.33. The summed E-state index contributed by atoms with van der Waals surface area (Å²) >= 11 is 6.61. The second kappa shape index (κ2) is 14.0. The van der Waals surface area contributed by atoms with Crippen molar-refractivity contribution in [3.63, 3.8) is 0 Å². The number of pyridine rings is 4. The summed E-state index contributed by atoms with van der Waals surface area (Å²) in [4.78, 5) is 23.8. The molecule has 0 atom stereocenters. The fraction of sp³-hybridized carbons (Fsp3) is 0.0909. The molecule has 268 valence electrons. The van der Waals surface area contributed by atoms with Crippen LogP contribution in [-0.2, 0) is 26.2 Å². The summed E-state index contributed by atoms with van der Waals surface area (Å²) in [7, 11) is 0. The smallest absolute Gasteiger partial charge is 0.173 e. The van der Waals surface area contributed by atoms with Crippen molar-refractivity contribution in [2.24, 2.45) is 0 Å². The molecule has 22 aliphatic heterocycles. The van der Waals surface area contributed by atoms with Crippen LogP contribution in [0.15, 0.2) is 147 Å². The van der Waals surface area contributed by atoms with Crippen LogP contribution in [0, 0.1) is 0 Å². The molecule has 12 heteroatoms. The van der Waals surface area contributed by atoms with Gasteiger partial charge in [0.15, 0.2) is 95.1 Å². The van der Waals surface area contributed by atoms with Gasteiger partial charge in [-0.15, -0.1) is 0 Å². The molecule has 0 unspecified atom stereocenters. The summed E-state index contributed by atoms with van der Waals surface area (Å²) < 4.78 is 8.84. The van der Waals surface area contributed by atoms with Gasteiger partial charge < -0.3 is 0 Å². The molecule has 0 amide bonds. The van der Waals surface area contributed by atoms with Gasteiger partial charge in [0, 0.05) is 93.0 Å². The molecular formula is C44H32N8S4+4. The van der Waals surface area contributed by atoms with E-state index in [1.807, 2.05) is 0 Å². The van der Waals surface area contributed by atoms with Crippen molar-refractivity contribution >= 4 is 64.7 Å². The molecule has 20 bridgehead atoms. The zero-order chi connectivity index (χ0) is 37.0. The Hall–Kier alpha value is -5.92. The van der Waals surface area contributed by atoms with Gasteiger partial charge in [-0.25, -0.2) is 38.2 Å². The predicted molar refractivity (Wildman–Crippen MR) is 222 cm³/mol. The maximum atomic E-state index is 4.97. The minimum absolute atomic E-state index is 0.802. The van der Waals surface area contributed by atoms with E-state index in [1.54, 1.807) is 45.3 Å². The van der Waals surface area contributed by atoms with Crippen LogP contribution in [0.4, 0.5) is 0 Å². The van der Waals surface area contributed by atoms with Crippen LogP contribution in [0.5, 0.6) is 0 Å². The summed E-state index contributed by atoms with van der Waals surface area (Å²) in [6.45, 7) is 3.21. The highest BCUT2D eigenvalue weighted by Gasteiger charge is 2.18. The van der Waals surface area contributed by atoms with Crippen LogP contribution in [0.1, 0.15) is 22.3 Å². The van der Waals surface area contributed by atoms with Gasteiger partial charge in [0.05, 0.1) is 0 Å². The van der Waals surface area contributed by atoms with Gasteiger partial charge in [0.1, 0.15) is 20.0 Å². The molecule has 0 saturated carbocycles. The van der Waals surface area contributed by atoms with Crippen LogP contribution in [0.3, 0.4) is 0 Å². The summed E-state index contributed by atoms with van der Waals surface area (Å²) in [5.74, 6) is 0. The van der Waals surface area contributed by atoms with E-state index in [2.05, 4.69) is 165 Å². The van der Waals surface area contributed by atoms with E-state index in [-0.39, 0.29) is 0 Å². The molecule has 0 aliphatic carbocycles. The van der Waals surface area contributed by atoms with E-state index in [4.69, 9.17) is 19.9 Å². The second-order valence-electron chi connectivity index (χ2n) is 14.0. The van der Waals surface area contributed by atoms with Gasteiger partial charge in [-0.2, -0.15) is 0 Å². The Balaban J connectivity index is 0.881. The standard InChI is InChI=1S/C44H32N8S4/c1-2-30-4-3-29(1)25-49-17-9-33(10-18-49)37-45-41-42(53-37)47-39(55-41)35-13-21-51(22-14-35)27-31-5-7-32(8-6-31)28-52-23-15-36(16-24-52)40-48-44-43(56-40)46-38(54-44)34-11-19-50(26-30)20-12-34/h1-24H,25-28H2/q+4. The van der Waals surface area contributed by atoms with Gasteiger partial charge in [0.2, 0.25) is 0 Å². The lowest BCUT2D eigenvalue weighted by Gasteiger charge is -2.02. The highest BCUT2D eigenvalue weighted by molar-refractivity contribution is 7.30. The van der Waals surface area contributed by atoms with Gasteiger partial charge in [0.25, 0.3) is 0 Å². The maximum absolute atomic E-state index is 4.97. The second-order valence-corrected chi connectivity index (χ2v) is 17.9. The number of benzene rings is 2. The molecule has 32 rings (SSSR count). The van der Waals surface area contributed by atoms with E-state index >= 15 is 0 Å². The lowest BCUT2D eigenvalue weighted by molar-refractivity contribution is -0.688. The average Bonchev–Trinajstić information content (AvgIpc) is 4.02. The summed E-state index contributed by atoms with van der Waals surface area (Å²) in [6.07, 6.45) is 17.1. The first kappa shape index (κ1) is 33.4. The Morgan fingerprint density at radius 3 is 0.679 bits per heavy atom. The van der Waals surface area contributed by atoms with Crippen LogP contribution in [0.2, 0.25) is 0 Å². The monoisotopic (exact) mass is 800 g/mol. The quantitative estimate of drug-likeness (QED) is 0.145. The molecule has 0 radical (unpaired) electrons. The molecule has 56 heavy (non-hydrogen) atoms. The van der Waals surface area contributed by atoms with E-state index < -0.39 is 0 Å². The predicted octanol–water partition coefficient (Wildman–Crippen LogP) is 8.14. The Labute approximate surface area is 338 Å². The third kappa shape index (κ3) is 6.70. The zero-order valence-corrected chi connectivity index (χ0v) is 33.2. The first-order valence-corrected chi connectivity index (χ1v) is 21.6. The molecule has 22 aliphatic rings. The fourth-order valence-corrected chi connectivity index (χ4v) is 11.0. The van der Waals surface area contributed by atoms with Crippen LogP contribution in [-0.4, -0.2) is 19.9 Å². The normalized spacial score (nSPS) is 12.7. The highest BCUT2D eigenvalue weighted by atomic mass is 32.1. The van der Waals surface area contributed by atoms with Gasteiger partial charge in [-0.1, -0.05) is 93.9 Å². The molecule has 2 aromatic carbocycles. The Kier molecular flexibility index (Phi) is 8.34. The molecule has 0 N–H and O–H groups in total. The van der Waals surface area contributed by atoms with Crippen LogP contribution >= 0.6 is 45.3 Å². The number of rotatable bonds is 0. The van der Waals surface area contributed by atoms with Crippen molar-refractivity contribution in [3.05, 3.63) is 169 Å². The molecule has 8 nitrogen and oxygen atoms in total. The molecule has 8 aromatic heterocycles. The summed E-state index contributed by atoms with van der Waals surface area (Å²) in [6, 6.07) is 35.0. The SMILES string of the molecule is c1cc2ccc1C[n+]1ccc(cc1)-c1nc3sc(nc3s1)-c1cc[n+](cc1)Cc1ccc(cc1)C[n+]1ccc(cc1)-c1nc3sc(nc3s1)-c1cc[n+](cc1)C2. The van der Waals surface area contributed by atoms with Crippen molar-refractivity contribution in [2.45, 2.75) is 26.2 Å².